The van der Waals surface area contributed by atoms with Crippen LogP contribution in [-0.4, -0.2) is 16.5 Å². The van der Waals surface area contributed by atoms with Crippen LogP contribution >= 0.6 is 0 Å². The van der Waals surface area contributed by atoms with Gasteiger partial charge < -0.3 is 15.5 Å². The second-order valence-corrected chi connectivity index (χ2v) is 6.05. The van der Waals surface area contributed by atoms with Gasteiger partial charge in [-0.05, 0) is 36.4 Å². The summed E-state index contributed by atoms with van der Waals surface area (Å²) in [7, 11) is 0. The van der Waals surface area contributed by atoms with E-state index >= 15 is 0 Å². The third-order valence-corrected chi connectivity index (χ3v) is 4.26. The van der Waals surface area contributed by atoms with E-state index in [-0.39, 0.29) is 6.04 Å². The maximum absolute atomic E-state index is 5.71. The van der Waals surface area contributed by atoms with Gasteiger partial charge in [-0.15, -0.1) is 0 Å². The van der Waals surface area contributed by atoms with E-state index in [2.05, 4.69) is 22.4 Å². The van der Waals surface area contributed by atoms with E-state index in [4.69, 9.17) is 15.1 Å². The van der Waals surface area contributed by atoms with Gasteiger partial charge in [0, 0.05) is 11.8 Å². The van der Waals surface area contributed by atoms with Gasteiger partial charge in [0.15, 0.2) is 0 Å². The molecule has 0 fully saturated rings. The molecule has 130 valence electrons. The first kappa shape index (κ1) is 16.3. The average Bonchev–Trinajstić information content (AvgIpc) is 3.21. The lowest BCUT2D eigenvalue weighted by atomic mass is 10.0. The summed E-state index contributed by atoms with van der Waals surface area (Å²) in [5.41, 5.74) is 7.71. The lowest BCUT2D eigenvalue weighted by Crippen LogP contribution is -2.15. The number of rotatable bonds is 6. The molecule has 1 atom stereocenters. The summed E-state index contributed by atoms with van der Waals surface area (Å²) in [4.78, 5) is 9.34. The van der Waals surface area contributed by atoms with Crippen LogP contribution in [0.1, 0.15) is 23.2 Å². The summed E-state index contributed by atoms with van der Waals surface area (Å²) in [6.45, 7) is 0.512. The predicted molar refractivity (Wildman–Crippen MR) is 103 cm³/mol. The highest BCUT2D eigenvalue weighted by Gasteiger charge is 2.19. The van der Waals surface area contributed by atoms with Crippen molar-refractivity contribution in [1.82, 2.24) is 9.97 Å². The molecule has 0 aliphatic rings. The number of benzene rings is 2. The van der Waals surface area contributed by atoms with Crippen LogP contribution in [0.2, 0.25) is 0 Å². The third-order valence-electron chi connectivity index (χ3n) is 4.26. The van der Waals surface area contributed by atoms with Crippen molar-refractivity contribution in [3.8, 4) is 0 Å². The summed E-state index contributed by atoms with van der Waals surface area (Å²) in [5, 5.41) is 4.53. The number of anilines is 1. The second kappa shape index (κ2) is 7.37. The Morgan fingerprint density at radius 2 is 1.73 bits per heavy atom. The first-order chi connectivity index (χ1) is 12.8. The van der Waals surface area contributed by atoms with Gasteiger partial charge in [0.25, 0.3) is 0 Å². The average molecular weight is 344 g/mol. The van der Waals surface area contributed by atoms with Crippen LogP contribution in [0.3, 0.4) is 0 Å². The minimum absolute atomic E-state index is 0.143. The second-order valence-electron chi connectivity index (χ2n) is 6.05. The zero-order valence-corrected chi connectivity index (χ0v) is 14.3. The van der Waals surface area contributed by atoms with Crippen molar-refractivity contribution in [2.75, 3.05) is 11.9 Å². The van der Waals surface area contributed by atoms with E-state index in [0.717, 1.165) is 33.9 Å². The Morgan fingerprint density at radius 1 is 0.923 bits per heavy atom. The van der Waals surface area contributed by atoms with Crippen LogP contribution in [0.15, 0.2) is 77.4 Å². The Kier molecular flexibility index (Phi) is 4.62. The van der Waals surface area contributed by atoms with Crippen LogP contribution in [0.25, 0.3) is 10.9 Å². The van der Waals surface area contributed by atoms with Crippen molar-refractivity contribution in [3.63, 3.8) is 0 Å². The highest BCUT2D eigenvalue weighted by molar-refractivity contribution is 5.89. The first-order valence-electron chi connectivity index (χ1n) is 8.66. The molecule has 0 aliphatic carbocycles. The van der Waals surface area contributed by atoms with Crippen LogP contribution in [0, 0.1) is 0 Å². The summed E-state index contributed by atoms with van der Waals surface area (Å²) in [5.74, 6) is 2.35. The zero-order chi connectivity index (χ0) is 17.8. The van der Waals surface area contributed by atoms with E-state index in [1.165, 1.54) is 0 Å². The summed E-state index contributed by atoms with van der Waals surface area (Å²) < 4.78 is 5.69. The van der Waals surface area contributed by atoms with Gasteiger partial charge in [-0.3, -0.25) is 0 Å². The summed E-state index contributed by atoms with van der Waals surface area (Å²) in [6, 6.07) is 21.9. The van der Waals surface area contributed by atoms with Gasteiger partial charge in [-0.25, -0.2) is 9.97 Å². The molecular weight excluding hydrogens is 324 g/mol. The van der Waals surface area contributed by atoms with Crippen LogP contribution in [-0.2, 0) is 6.42 Å². The monoisotopic (exact) mass is 344 g/mol. The standard InChI is InChI=1S/C21H20N4O/c22-13-12-19-23-17-10-5-4-9-16(17)21(24-19)25-20(18-11-6-14-26-18)15-7-2-1-3-8-15/h1-11,14,20H,12-13,22H2,(H,23,24,25). The van der Waals surface area contributed by atoms with Crippen LogP contribution in [0.4, 0.5) is 5.82 Å². The molecule has 1 unspecified atom stereocenters. The van der Waals surface area contributed by atoms with Crippen LogP contribution < -0.4 is 11.1 Å². The molecule has 4 rings (SSSR count). The molecule has 0 spiro atoms. The van der Waals surface area contributed by atoms with Crippen molar-refractivity contribution in [3.05, 3.63) is 90.1 Å². The molecule has 0 saturated carbocycles. The summed E-state index contributed by atoms with van der Waals surface area (Å²) >= 11 is 0. The van der Waals surface area contributed by atoms with Crippen molar-refractivity contribution in [1.29, 1.82) is 0 Å². The molecule has 0 amide bonds. The van der Waals surface area contributed by atoms with Crippen molar-refractivity contribution in [2.24, 2.45) is 5.73 Å². The number of furan rings is 1. The number of hydrogen-bond acceptors (Lipinski definition) is 5. The first-order valence-corrected chi connectivity index (χ1v) is 8.66. The maximum Gasteiger partial charge on any atom is 0.138 e. The molecule has 0 saturated heterocycles. The highest BCUT2D eigenvalue weighted by atomic mass is 16.3. The third kappa shape index (κ3) is 3.30. The molecule has 0 aliphatic heterocycles. The smallest absolute Gasteiger partial charge is 0.138 e. The molecule has 3 N–H and O–H groups in total. The highest BCUT2D eigenvalue weighted by Crippen LogP contribution is 2.29. The quantitative estimate of drug-likeness (QED) is 0.554. The Labute approximate surface area is 151 Å². The zero-order valence-electron chi connectivity index (χ0n) is 14.3. The number of para-hydroxylation sites is 1. The van der Waals surface area contributed by atoms with Gasteiger partial charge in [0.05, 0.1) is 11.8 Å². The fraction of sp³-hybridized carbons (Fsp3) is 0.143. The van der Waals surface area contributed by atoms with E-state index in [9.17, 15) is 0 Å². The van der Waals surface area contributed by atoms with E-state index < -0.39 is 0 Å². The lowest BCUT2D eigenvalue weighted by Gasteiger charge is -2.19. The van der Waals surface area contributed by atoms with Gasteiger partial charge >= 0.3 is 0 Å². The van der Waals surface area contributed by atoms with E-state index in [0.29, 0.717) is 13.0 Å². The fourth-order valence-corrected chi connectivity index (χ4v) is 3.03. The number of fused-ring (bicyclic) bond motifs is 1. The number of nitrogens with one attached hydrogen (secondary N) is 1. The van der Waals surface area contributed by atoms with Gasteiger partial charge in [-0.1, -0.05) is 42.5 Å². The Bertz CT molecular complexity index is 984. The van der Waals surface area contributed by atoms with Crippen molar-refractivity contribution < 1.29 is 4.42 Å². The molecule has 26 heavy (non-hydrogen) atoms. The molecule has 2 heterocycles. The Balaban J connectivity index is 1.80. The van der Waals surface area contributed by atoms with E-state index in [1.807, 2.05) is 54.6 Å². The van der Waals surface area contributed by atoms with Gasteiger partial charge in [-0.2, -0.15) is 0 Å². The molecule has 0 radical (unpaired) electrons. The molecule has 5 heteroatoms. The van der Waals surface area contributed by atoms with Crippen molar-refractivity contribution >= 4 is 16.7 Å². The minimum atomic E-state index is -0.143. The van der Waals surface area contributed by atoms with Crippen LogP contribution in [0.5, 0.6) is 0 Å². The Morgan fingerprint density at radius 3 is 2.50 bits per heavy atom. The maximum atomic E-state index is 5.71. The largest absolute Gasteiger partial charge is 0.467 e. The minimum Gasteiger partial charge on any atom is -0.467 e. The normalized spacial score (nSPS) is 12.2. The topological polar surface area (TPSA) is 77.0 Å². The molecule has 0 bridgehead atoms. The lowest BCUT2D eigenvalue weighted by molar-refractivity contribution is 0.498. The van der Waals surface area contributed by atoms with E-state index in [1.54, 1.807) is 6.26 Å². The number of nitrogens with two attached hydrogens (primary N) is 1. The molecule has 5 nitrogen and oxygen atoms in total. The number of nitrogens with zero attached hydrogens (tertiary/aromatic N) is 2. The molecule has 4 aromatic rings. The number of hydrogen-bond donors (Lipinski definition) is 2. The fourth-order valence-electron chi connectivity index (χ4n) is 3.03. The number of aromatic nitrogens is 2. The predicted octanol–water partition coefficient (Wildman–Crippen LogP) is 3.93. The SMILES string of the molecule is NCCc1nc(NC(c2ccccc2)c2ccco2)c2ccccc2n1. The van der Waals surface area contributed by atoms with Crippen molar-refractivity contribution in [2.45, 2.75) is 12.5 Å². The molecule has 2 aromatic carbocycles. The molecule has 2 aromatic heterocycles. The Hall–Kier alpha value is -3.18. The molecular formula is C21H20N4O. The summed E-state index contributed by atoms with van der Waals surface area (Å²) in [6.07, 6.45) is 2.32. The van der Waals surface area contributed by atoms with Gasteiger partial charge in [0.1, 0.15) is 23.4 Å². The van der Waals surface area contributed by atoms with Gasteiger partial charge in [0.2, 0.25) is 0 Å².